The highest BCUT2D eigenvalue weighted by Crippen LogP contribution is 2.29. The number of nitrogens with one attached hydrogen (secondary N) is 1. The van der Waals surface area contributed by atoms with Crippen molar-refractivity contribution in [3.05, 3.63) is 58.6 Å². The van der Waals surface area contributed by atoms with Crippen molar-refractivity contribution >= 4 is 23.5 Å². The minimum Gasteiger partial charge on any atom is -0.494 e. The van der Waals surface area contributed by atoms with Gasteiger partial charge in [0.1, 0.15) is 24.7 Å². The summed E-state index contributed by atoms with van der Waals surface area (Å²) in [5.74, 6) is 1.13. The van der Waals surface area contributed by atoms with Gasteiger partial charge in [0.15, 0.2) is 0 Å². The molecule has 2 fully saturated rings. The molecule has 0 aromatic heterocycles. The number of amides is 3. The Balaban J connectivity index is 1.19. The number of benzene rings is 2. The van der Waals surface area contributed by atoms with Gasteiger partial charge in [-0.1, -0.05) is 29.8 Å². The molecular formula is C27H34ClN3O5. The van der Waals surface area contributed by atoms with Gasteiger partial charge in [-0.3, -0.25) is 15.0 Å². The van der Waals surface area contributed by atoms with E-state index in [1.54, 1.807) is 0 Å². The van der Waals surface area contributed by atoms with Crippen molar-refractivity contribution in [2.45, 2.75) is 44.8 Å². The molecule has 2 aromatic rings. The van der Waals surface area contributed by atoms with Crippen LogP contribution in [0.3, 0.4) is 0 Å². The molecule has 9 heteroatoms. The van der Waals surface area contributed by atoms with E-state index in [0.29, 0.717) is 43.2 Å². The lowest BCUT2D eigenvalue weighted by atomic mass is 9.96. The van der Waals surface area contributed by atoms with Crippen LogP contribution in [-0.2, 0) is 11.3 Å². The van der Waals surface area contributed by atoms with Crippen molar-refractivity contribution in [2.75, 3.05) is 39.4 Å². The average Bonchev–Trinajstić information content (AvgIpc) is 3.06. The number of urea groups is 1. The summed E-state index contributed by atoms with van der Waals surface area (Å²) in [5.41, 5.74) is 1.38. The van der Waals surface area contributed by atoms with Crippen LogP contribution in [-0.4, -0.2) is 71.8 Å². The Kier molecular flexibility index (Phi) is 8.72. The van der Waals surface area contributed by atoms with Gasteiger partial charge in [-0.15, -0.1) is 0 Å². The topological polar surface area (TPSA) is 91.3 Å². The zero-order chi connectivity index (χ0) is 25.5. The summed E-state index contributed by atoms with van der Waals surface area (Å²) in [4.78, 5) is 26.6. The quantitative estimate of drug-likeness (QED) is 0.370. The second kappa shape index (κ2) is 12.0. The van der Waals surface area contributed by atoms with Crippen molar-refractivity contribution < 1.29 is 24.2 Å². The predicted octanol–water partition coefficient (Wildman–Crippen LogP) is 3.77. The van der Waals surface area contributed by atoms with Crippen molar-refractivity contribution in [1.82, 2.24) is 15.1 Å². The zero-order valence-electron chi connectivity index (χ0n) is 20.7. The van der Waals surface area contributed by atoms with E-state index < -0.39 is 5.60 Å². The van der Waals surface area contributed by atoms with Gasteiger partial charge in [0, 0.05) is 19.6 Å². The van der Waals surface area contributed by atoms with Gasteiger partial charge in [-0.05, 0) is 74.5 Å². The largest absolute Gasteiger partial charge is 0.494 e. The van der Waals surface area contributed by atoms with Crippen LogP contribution in [0.2, 0.25) is 5.02 Å². The Morgan fingerprint density at radius 3 is 2.64 bits per heavy atom. The fourth-order valence-corrected chi connectivity index (χ4v) is 4.70. The summed E-state index contributed by atoms with van der Waals surface area (Å²) in [6.45, 7) is 5.80. The molecule has 2 aromatic carbocycles. The fraction of sp³-hybridized carbons (Fsp3) is 0.481. The Labute approximate surface area is 217 Å². The second-order valence-corrected chi connectivity index (χ2v) is 10.1. The van der Waals surface area contributed by atoms with Crippen molar-refractivity contribution in [3.63, 3.8) is 0 Å². The lowest BCUT2D eigenvalue weighted by Crippen LogP contribution is -2.37. The number of imide groups is 1. The van der Waals surface area contributed by atoms with E-state index in [1.165, 1.54) is 10.5 Å². The van der Waals surface area contributed by atoms with Gasteiger partial charge in [-0.25, -0.2) is 4.79 Å². The smallest absolute Gasteiger partial charge is 0.324 e. The average molecular weight is 516 g/mol. The van der Waals surface area contributed by atoms with E-state index in [1.807, 2.05) is 37.3 Å². The number of nitrogens with zero attached hydrogens (tertiary/aromatic N) is 2. The molecule has 0 aliphatic carbocycles. The molecule has 3 amide bonds. The van der Waals surface area contributed by atoms with Crippen LogP contribution in [0.1, 0.15) is 36.8 Å². The van der Waals surface area contributed by atoms with Crippen molar-refractivity contribution in [1.29, 1.82) is 0 Å². The maximum absolute atomic E-state index is 11.5. The Morgan fingerprint density at radius 1 is 1.08 bits per heavy atom. The SMILES string of the molecule is Cc1ccc(Cl)c(OC[C@@]2(O)CCCN(Cc3ccc(OCCCN4CC(=O)NC4=O)cc3)CC2)c1. The van der Waals surface area contributed by atoms with Crippen LogP contribution in [0.15, 0.2) is 42.5 Å². The van der Waals surface area contributed by atoms with E-state index >= 15 is 0 Å². The highest BCUT2D eigenvalue weighted by Gasteiger charge is 2.31. The predicted molar refractivity (Wildman–Crippen MR) is 137 cm³/mol. The van der Waals surface area contributed by atoms with E-state index in [4.69, 9.17) is 21.1 Å². The standard InChI is InChI=1S/C27H34ClN3O5/c1-20-4-9-23(28)24(16-20)36-19-27(34)10-2-12-30(14-11-27)17-21-5-7-22(8-6-21)35-15-3-13-31-18-25(32)29-26(31)33/h4-9,16,34H,2-3,10-15,17-19H2,1H3,(H,29,32,33)/t27-/m1/s1. The molecule has 194 valence electrons. The van der Waals surface area contributed by atoms with E-state index in [9.17, 15) is 14.7 Å². The van der Waals surface area contributed by atoms with Crippen molar-refractivity contribution in [2.24, 2.45) is 0 Å². The normalized spacial score (nSPS) is 20.8. The first-order valence-electron chi connectivity index (χ1n) is 12.4. The first-order valence-corrected chi connectivity index (χ1v) is 12.8. The van der Waals surface area contributed by atoms with Gasteiger partial charge >= 0.3 is 6.03 Å². The van der Waals surface area contributed by atoms with Gasteiger partial charge in [0.25, 0.3) is 0 Å². The lowest BCUT2D eigenvalue weighted by molar-refractivity contribution is -0.118. The third-order valence-electron chi connectivity index (χ3n) is 6.63. The second-order valence-electron chi connectivity index (χ2n) is 9.70. The fourth-order valence-electron chi connectivity index (χ4n) is 4.53. The highest BCUT2D eigenvalue weighted by atomic mass is 35.5. The summed E-state index contributed by atoms with van der Waals surface area (Å²) < 4.78 is 11.7. The molecule has 1 atom stereocenters. The van der Waals surface area contributed by atoms with Crippen LogP contribution in [0.4, 0.5) is 4.79 Å². The molecule has 2 N–H and O–H groups in total. The van der Waals surface area contributed by atoms with Crippen molar-refractivity contribution in [3.8, 4) is 11.5 Å². The Bertz CT molecular complexity index is 1060. The molecule has 0 radical (unpaired) electrons. The molecule has 2 aliphatic rings. The number of likely N-dealkylation sites (tertiary alicyclic amines) is 1. The lowest BCUT2D eigenvalue weighted by Gasteiger charge is -2.27. The number of hydrogen-bond donors (Lipinski definition) is 2. The van der Waals surface area contributed by atoms with Gasteiger partial charge < -0.3 is 19.5 Å². The molecule has 4 rings (SSSR count). The van der Waals surface area contributed by atoms with Crippen LogP contribution < -0.4 is 14.8 Å². The number of aliphatic hydroxyl groups is 1. The molecule has 0 spiro atoms. The van der Waals surface area contributed by atoms with E-state index in [0.717, 1.165) is 37.4 Å². The number of carbonyl (C=O) groups is 2. The van der Waals surface area contributed by atoms with Crippen LogP contribution in [0, 0.1) is 6.92 Å². The van der Waals surface area contributed by atoms with Gasteiger partial charge in [0.05, 0.1) is 17.2 Å². The molecule has 0 saturated carbocycles. The van der Waals surface area contributed by atoms with Gasteiger partial charge in [-0.2, -0.15) is 0 Å². The number of rotatable bonds is 10. The first-order chi connectivity index (χ1) is 17.3. The summed E-state index contributed by atoms with van der Waals surface area (Å²) in [7, 11) is 0. The Hall–Kier alpha value is -2.81. The number of halogens is 1. The molecule has 2 aliphatic heterocycles. The molecule has 8 nitrogen and oxygen atoms in total. The number of hydrogen-bond acceptors (Lipinski definition) is 6. The number of ether oxygens (including phenoxy) is 2. The van der Waals surface area contributed by atoms with E-state index in [-0.39, 0.29) is 25.1 Å². The van der Waals surface area contributed by atoms with Crippen LogP contribution in [0.5, 0.6) is 11.5 Å². The summed E-state index contributed by atoms with van der Waals surface area (Å²) >= 11 is 6.24. The Morgan fingerprint density at radius 2 is 1.89 bits per heavy atom. The van der Waals surface area contributed by atoms with E-state index in [2.05, 4.69) is 22.3 Å². The third-order valence-corrected chi connectivity index (χ3v) is 6.94. The third kappa shape index (κ3) is 7.35. The van der Waals surface area contributed by atoms with Crippen LogP contribution in [0.25, 0.3) is 0 Å². The minimum atomic E-state index is -0.872. The number of carbonyl (C=O) groups excluding carboxylic acids is 2. The number of aryl methyl sites for hydroxylation is 1. The van der Waals surface area contributed by atoms with Crippen LogP contribution >= 0.6 is 11.6 Å². The molecule has 2 saturated heterocycles. The summed E-state index contributed by atoms with van der Waals surface area (Å²) in [6.07, 6.45) is 2.87. The zero-order valence-corrected chi connectivity index (χ0v) is 21.4. The molecule has 0 unspecified atom stereocenters. The monoisotopic (exact) mass is 515 g/mol. The first kappa shape index (κ1) is 26.3. The summed E-state index contributed by atoms with van der Waals surface area (Å²) in [6, 6.07) is 13.3. The van der Waals surface area contributed by atoms with Gasteiger partial charge in [0.2, 0.25) is 5.91 Å². The maximum Gasteiger partial charge on any atom is 0.324 e. The maximum atomic E-state index is 11.5. The summed E-state index contributed by atoms with van der Waals surface area (Å²) in [5, 5.41) is 14.0. The molecule has 36 heavy (non-hydrogen) atoms. The minimum absolute atomic E-state index is 0.121. The molecule has 2 heterocycles. The molecule has 0 bridgehead atoms. The molecular weight excluding hydrogens is 482 g/mol. The highest BCUT2D eigenvalue weighted by molar-refractivity contribution is 6.32.